The second-order valence-electron chi connectivity index (χ2n) is 5.85. The van der Waals surface area contributed by atoms with Crippen LogP contribution in [0.5, 0.6) is 5.75 Å². The summed E-state index contributed by atoms with van der Waals surface area (Å²) in [5.74, 6) is -2.24. The summed E-state index contributed by atoms with van der Waals surface area (Å²) in [6, 6.07) is 11.9. The van der Waals surface area contributed by atoms with Crippen molar-refractivity contribution in [3.8, 4) is 5.75 Å². The summed E-state index contributed by atoms with van der Waals surface area (Å²) in [5.41, 5.74) is 0.597. The molecule has 2 rings (SSSR count). The van der Waals surface area contributed by atoms with Gasteiger partial charge in [0.15, 0.2) is 11.6 Å². The maximum atomic E-state index is 13.4. The van der Waals surface area contributed by atoms with Gasteiger partial charge in [0, 0.05) is 24.8 Å². The van der Waals surface area contributed by atoms with E-state index in [0.29, 0.717) is 18.5 Å². The number of hydrogen-bond donors (Lipinski definition) is 2. The molecule has 25 heavy (non-hydrogen) atoms. The summed E-state index contributed by atoms with van der Waals surface area (Å²) < 4.78 is 32.1. The monoisotopic (exact) mass is 349 g/mol. The van der Waals surface area contributed by atoms with Crippen LogP contribution in [0, 0.1) is 17.6 Å². The van der Waals surface area contributed by atoms with Crippen LogP contribution in [0.3, 0.4) is 0 Å². The third kappa shape index (κ3) is 5.53. The van der Waals surface area contributed by atoms with Crippen LogP contribution in [-0.4, -0.2) is 24.2 Å². The second kappa shape index (κ2) is 9.13. The van der Waals surface area contributed by atoms with Crippen molar-refractivity contribution in [1.82, 2.24) is 5.32 Å². The molecular weight excluding hydrogens is 328 g/mol. The molecule has 0 spiro atoms. The number of halogens is 2. The smallest absolute Gasteiger partial charge is 0.265 e. The predicted molar refractivity (Wildman–Crippen MR) is 90.0 cm³/mol. The minimum atomic E-state index is -1.04. The van der Waals surface area contributed by atoms with Gasteiger partial charge >= 0.3 is 0 Å². The zero-order chi connectivity index (χ0) is 18.2. The van der Waals surface area contributed by atoms with Gasteiger partial charge in [-0.15, -0.1) is 0 Å². The molecule has 2 atom stereocenters. The van der Waals surface area contributed by atoms with Gasteiger partial charge in [-0.25, -0.2) is 8.78 Å². The molecule has 6 heteroatoms. The van der Waals surface area contributed by atoms with Crippen molar-refractivity contribution in [3.63, 3.8) is 0 Å². The Morgan fingerprint density at radius 2 is 1.88 bits per heavy atom. The van der Waals surface area contributed by atoms with Gasteiger partial charge in [-0.1, -0.05) is 37.3 Å². The van der Waals surface area contributed by atoms with Gasteiger partial charge in [0.2, 0.25) is 6.10 Å². The van der Waals surface area contributed by atoms with E-state index in [1.807, 2.05) is 6.92 Å². The van der Waals surface area contributed by atoms with Crippen molar-refractivity contribution >= 4 is 5.91 Å². The molecule has 2 aromatic rings. The fourth-order valence-electron chi connectivity index (χ4n) is 2.28. The summed E-state index contributed by atoms with van der Waals surface area (Å²) in [5, 5.41) is 11.7. The SMILES string of the molecule is CC(CCO)CNC(=O)C(Oc1ccc(F)c(F)c1)c1ccccc1. The maximum Gasteiger partial charge on any atom is 0.265 e. The molecule has 0 aromatic heterocycles. The standard InChI is InChI=1S/C19H21F2NO3/c1-13(9-10-23)12-22-19(24)18(14-5-3-2-4-6-14)25-15-7-8-16(20)17(21)11-15/h2-8,11,13,18,23H,9-10,12H2,1H3,(H,22,24). The van der Waals surface area contributed by atoms with E-state index < -0.39 is 17.7 Å². The Labute approximate surface area is 145 Å². The first kappa shape index (κ1) is 18.9. The highest BCUT2D eigenvalue weighted by molar-refractivity contribution is 5.82. The molecule has 0 aliphatic carbocycles. The zero-order valence-corrected chi connectivity index (χ0v) is 13.9. The molecule has 0 heterocycles. The van der Waals surface area contributed by atoms with Crippen LogP contribution in [0.1, 0.15) is 25.0 Å². The van der Waals surface area contributed by atoms with E-state index in [1.165, 1.54) is 6.07 Å². The maximum absolute atomic E-state index is 13.4. The van der Waals surface area contributed by atoms with Gasteiger partial charge in [0.05, 0.1) is 0 Å². The predicted octanol–water partition coefficient (Wildman–Crippen LogP) is 3.22. The molecule has 0 bridgehead atoms. The summed E-state index contributed by atoms with van der Waals surface area (Å²) in [7, 11) is 0. The quantitative estimate of drug-likeness (QED) is 0.769. The third-order valence-electron chi connectivity index (χ3n) is 3.73. The van der Waals surface area contributed by atoms with Gasteiger partial charge in [0.1, 0.15) is 5.75 Å². The van der Waals surface area contributed by atoms with E-state index in [1.54, 1.807) is 30.3 Å². The average molecular weight is 349 g/mol. The molecule has 2 unspecified atom stereocenters. The highest BCUT2D eigenvalue weighted by Crippen LogP contribution is 2.24. The molecule has 0 aliphatic heterocycles. The van der Waals surface area contributed by atoms with Crippen molar-refractivity contribution in [1.29, 1.82) is 0 Å². The number of aliphatic hydroxyl groups excluding tert-OH is 1. The summed E-state index contributed by atoms with van der Waals surface area (Å²) in [6.07, 6.45) is -0.423. The van der Waals surface area contributed by atoms with E-state index in [0.717, 1.165) is 12.1 Å². The number of benzene rings is 2. The number of carbonyl (C=O) groups excluding carboxylic acids is 1. The Kier molecular flexibility index (Phi) is 6.89. The molecule has 134 valence electrons. The van der Waals surface area contributed by atoms with Gasteiger partial charge < -0.3 is 15.2 Å². The molecule has 1 amide bonds. The number of rotatable bonds is 8. The Bertz CT molecular complexity index is 694. The Morgan fingerprint density at radius 3 is 2.52 bits per heavy atom. The molecule has 0 saturated heterocycles. The van der Waals surface area contributed by atoms with Crippen LogP contribution in [0.4, 0.5) is 8.78 Å². The van der Waals surface area contributed by atoms with Crippen LogP contribution in [0.25, 0.3) is 0 Å². The molecule has 0 aliphatic rings. The summed E-state index contributed by atoms with van der Waals surface area (Å²) >= 11 is 0. The fraction of sp³-hybridized carbons (Fsp3) is 0.316. The molecule has 4 nitrogen and oxygen atoms in total. The third-order valence-corrected chi connectivity index (χ3v) is 3.73. The van der Waals surface area contributed by atoms with Gasteiger partial charge in [-0.3, -0.25) is 4.79 Å². The zero-order valence-electron chi connectivity index (χ0n) is 13.9. The lowest BCUT2D eigenvalue weighted by atomic mass is 10.1. The van der Waals surface area contributed by atoms with E-state index in [9.17, 15) is 13.6 Å². The molecule has 0 fully saturated rings. The normalized spacial score (nSPS) is 13.1. The first-order valence-corrected chi connectivity index (χ1v) is 8.06. The van der Waals surface area contributed by atoms with Crippen LogP contribution in [0.15, 0.2) is 48.5 Å². The fourth-order valence-corrected chi connectivity index (χ4v) is 2.28. The molecule has 0 saturated carbocycles. The van der Waals surface area contributed by atoms with Crippen molar-refractivity contribution in [2.45, 2.75) is 19.4 Å². The van der Waals surface area contributed by atoms with Crippen LogP contribution in [0.2, 0.25) is 0 Å². The molecule has 0 radical (unpaired) electrons. The van der Waals surface area contributed by atoms with Gasteiger partial charge in [0.25, 0.3) is 5.91 Å². The summed E-state index contributed by atoms with van der Waals surface area (Å²) in [6.45, 7) is 2.33. The lowest BCUT2D eigenvalue weighted by Crippen LogP contribution is -2.35. The van der Waals surface area contributed by atoms with Crippen LogP contribution < -0.4 is 10.1 Å². The van der Waals surface area contributed by atoms with Crippen LogP contribution >= 0.6 is 0 Å². The number of ether oxygens (including phenoxy) is 1. The Morgan fingerprint density at radius 1 is 1.16 bits per heavy atom. The first-order valence-electron chi connectivity index (χ1n) is 8.06. The number of amides is 1. The largest absolute Gasteiger partial charge is 0.476 e. The minimum Gasteiger partial charge on any atom is -0.476 e. The van der Waals surface area contributed by atoms with E-state index in [-0.39, 0.29) is 24.2 Å². The highest BCUT2D eigenvalue weighted by atomic mass is 19.2. The number of aliphatic hydroxyl groups is 1. The number of hydrogen-bond acceptors (Lipinski definition) is 3. The van der Waals surface area contributed by atoms with Crippen molar-refractivity contribution in [2.75, 3.05) is 13.2 Å². The van der Waals surface area contributed by atoms with Gasteiger partial charge in [-0.2, -0.15) is 0 Å². The number of carbonyl (C=O) groups is 1. The topological polar surface area (TPSA) is 58.6 Å². The highest BCUT2D eigenvalue weighted by Gasteiger charge is 2.23. The van der Waals surface area contributed by atoms with Crippen molar-refractivity contribution in [3.05, 3.63) is 65.7 Å². The van der Waals surface area contributed by atoms with Crippen molar-refractivity contribution in [2.24, 2.45) is 5.92 Å². The first-order chi connectivity index (χ1) is 12.0. The van der Waals surface area contributed by atoms with Gasteiger partial charge in [-0.05, 0) is 24.5 Å². The number of nitrogens with one attached hydrogen (secondary N) is 1. The Hall–Kier alpha value is -2.47. The van der Waals surface area contributed by atoms with Crippen molar-refractivity contribution < 1.29 is 23.4 Å². The second-order valence-corrected chi connectivity index (χ2v) is 5.85. The van der Waals surface area contributed by atoms with E-state index >= 15 is 0 Å². The minimum absolute atomic E-state index is 0.0461. The van der Waals surface area contributed by atoms with E-state index in [4.69, 9.17) is 9.84 Å². The molecule has 2 aromatic carbocycles. The summed E-state index contributed by atoms with van der Waals surface area (Å²) in [4.78, 5) is 12.5. The Balaban J connectivity index is 2.15. The average Bonchev–Trinajstić information content (AvgIpc) is 2.61. The van der Waals surface area contributed by atoms with Crippen LogP contribution in [-0.2, 0) is 4.79 Å². The molecule has 2 N–H and O–H groups in total. The van der Waals surface area contributed by atoms with E-state index in [2.05, 4.69) is 5.32 Å². The molecular formula is C19H21F2NO3. The lowest BCUT2D eigenvalue weighted by Gasteiger charge is -2.20. The lowest BCUT2D eigenvalue weighted by molar-refractivity contribution is -0.128.